The molecule has 0 aliphatic heterocycles. The number of nitrogens with two attached hydrogens (primary N) is 1. The molecule has 0 fully saturated rings. The number of nitrogens with one attached hydrogen (secondary N) is 1. The Balaban J connectivity index is 2.73. The van der Waals surface area contributed by atoms with Crippen molar-refractivity contribution >= 4 is 23.7 Å². The molecule has 14 heavy (non-hydrogen) atoms. The van der Waals surface area contributed by atoms with E-state index in [4.69, 9.17) is 22.7 Å². The number of rotatable bonds is 3. The van der Waals surface area contributed by atoms with Crippen LogP contribution < -0.4 is 5.73 Å². The van der Waals surface area contributed by atoms with Crippen LogP contribution in [-0.2, 0) is 0 Å². The molecule has 5 heteroatoms. The van der Waals surface area contributed by atoms with Crippen LogP contribution in [0.3, 0.4) is 0 Å². The first-order chi connectivity index (χ1) is 6.59. The van der Waals surface area contributed by atoms with Gasteiger partial charge in [0, 0.05) is 6.21 Å². The Morgan fingerprint density at radius 1 is 1.64 bits per heavy atom. The van der Waals surface area contributed by atoms with E-state index in [0.717, 1.165) is 0 Å². The van der Waals surface area contributed by atoms with E-state index in [2.05, 4.69) is 4.99 Å². The fourth-order valence-electron chi connectivity index (χ4n) is 0.842. The molecule has 0 radical (unpaired) electrons. The summed E-state index contributed by atoms with van der Waals surface area (Å²) < 4.78 is 12.7. The Labute approximate surface area is 85.9 Å². The number of aliphatic imine (C=N–C) groups is 1. The molecule has 1 aromatic rings. The molecule has 0 saturated carbocycles. The highest BCUT2D eigenvalue weighted by molar-refractivity contribution is 6.31. The van der Waals surface area contributed by atoms with E-state index >= 15 is 0 Å². The molecular weight excluding hydrogens is 205 g/mol. The Morgan fingerprint density at radius 3 is 2.93 bits per heavy atom. The summed E-state index contributed by atoms with van der Waals surface area (Å²) in [6.07, 6.45) is 1.49. The molecule has 74 valence electrons. The Bertz CT molecular complexity index is 376. The molecule has 0 aliphatic rings. The molecule has 1 aromatic carbocycles. The number of halogens is 2. The van der Waals surface area contributed by atoms with Gasteiger partial charge in [0.25, 0.3) is 0 Å². The van der Waals surface area contributed by atoms with Crippen molar-refractivity contribution in [2.45, 2.75) is 0 Å². The average Bonchev–Trinajstić information content (AvgIpc) is 2.10. The van der Waals surface area contributed by atoms with Gasteiger partial charge >= 0.3 is 0 Å². The predicted octanol–water partition coefficient (Wildman–Crippen LogP) is 1.83. The molecule has 3 N–H and O–H groups in total. The van der Waals surface area contributed by atoms with E-state index < -0.39 is 5.82 Å². The zero-order valence-electron chi connectivity index (χ0n) is 7.30. The van der Waals surface area contributed by atoms with Gasteiger partial charge in [-0.1, -0.05) is 17.7 Å². The highest BCUT2D eigenvalue weighted by Crippen LogP contribution is 2.14. The van der Waals surface area contributed by atoms with E-state index in [1.54, 1.807) is 6.07 Å². The normalized spacial score (nSPS) is 10.7. The minimum atomic E-state index is -0.463. The van der Waals surface area contributed by atoms with Gasteiger partial charge in [-0.15, -0.1) is 0 Å². The van der Waals surface area contributed by atoms with Crippen LogP contribution in [0.25, 0.3) is 0 Å². The smallest absolute Gasteiger partial charge is 0.141 e. The molecule has 0 amide bonds. The average molecular weight is 214 g/mol. The molecular formula is C9H9ClFN3. The van der Waals surface area contributed by atoms with Crippen LogP contribution in [0.15, 0.2) is 23.2 Å². The SMILES string of the molecule is N=C(N)CN=Cc1ccc(F)c(Cl)c1. The van der Waals surface area contributed by atoms with Crippen molar-refractivity contribution in [2.75, 3.05) is 6.54 Å². The maximum Gasteiger partial charge on any atom is 0.141 e. The number of benzene rings is 1. The Hall–Kier alpha value is -1.42. The first kappa shape index (κ1) is 10.7. The summed E-state index contributed by atoms with van der Waals surface area (Å²) in [5.41, 5.74) is 5.77. The molecule has 0 aromatic heterocycles. The van der Waals surface area contributed by atoms with Crippen molar-refractivity contribution in [1.82, 2.24) is 0 Å². The maximum atomic E-state index is 12.7. The monoisotopic (exact) mass is 213 g/mol. The van der Waals surface area contributed by atoms with Gasteiger partial charge in [-0.3, -0.25) is 10.4 Å². The van der Waals surface area contributed by atoms with Crippen LogP contribution in [0.2, 0.25) is 5.02 Å². The molecule has 0 unspecified atom stereocenters. The molecule has 3 nitrogen and oxygen atoms in total. The zero-order chi connectivity index (χ0) is 10.6. The second kappa shape index (κ2) is 4.72. The predicted molar refractivity (Wildman–Crippen MR) is 55.8 cm³/mol. The second-order valence-corrected chi connectivity index (χ2v) is 3.08. The molecule has 0 bridgehead atoms. The summed E-state index contributed by atoms with van der Waals surface area (Å²) in [6, 6.07) is 4.27. The van der Waals surface area contributed by atoms with Gasteiger partial charge < -0.3 is 5.73 Å². The standard InChI is InChI=1S/C9H9ClFN3/c10-7-3-6(1-2-8(7)11)4-14-5-9(12)13/h1-4H,5H2,(H3,12,13). The third-order valence-electron chi connectivity index (χ3n) is 1.45. The quantitative estimate of drug-likeness (QED) is 0.584. The zero-order valence-corrected chi connectivity index (χ0v) is 8.05. The Morgan fingerprint density at radius 2 is 2.36 bits per heavy atom. The van der Waals surface area contributed by atoms with Crippen molar-refractivity contribution in [2.24, 2.45) is 10.7 Å². The highest BCUT2D eigenvalue weighted by Gasteiger charge is 1.98. The third kappa shape index (κ3) is 3.14. The van der Waals surface area contributed by atoms with Gasteiger partial charge in [-0.05, 0) is 17.7 Å². The van der Waals surface area contributed by atoms with Crippen molar-refractivity contribution in [1.29, 1.82) is 5.41 Å². The molecule has 0 saturated heterocycles. The van der Waals surface area contributed by atoms with E-state index in [9.17, 15) is 4.39 Å². The fraction of sp³-hybridized carbons (Fsp3) is 0.111. The van der Waals surface area contributed by atoms with Gasteiger partial charge in [-0.25, -0.2) is 4.39 Å². The number of nitrogens with zero attached hydrogens (tertiary/aromatic N) is 1. The van der Waals surface area contributed by atoms with Gasteiger partial charge in [0.05, 0.1) is 11.6 Å². The molecule has 0 aliphatic carbocycles. The highest BCUT2D eigenvalue weighted by atomic mass is 35.5. The second-order valence-electron chi connectivity index (χ2n) is 2.67. The minimum absolute atomic E-state index is 0.0190. The first-order valence-corrected chi connectivity index (χ1v) is 4.25. The number of hydrogen-bond donors (Lipinski definition) is 2. The summed E-state index contributed by atoms with van der Waals surface area (Å²) in [4.78, 5) is 3.86. The summed E-state index contributed by atoms with van der Waals surface area (Å²) in [7, 11) is 0. The van der Waals surface area contributed by atoms with Crippen LogP contribution >= 0.6 is 11.6 Å². The number of hydrogen-bond acceptors (Lipinski definition) is 2. The van der Waals surface area contributed by atoms with Crippen LogP contribution in [0.4, 0.5) is 4.39 Å². The largest absolute Gasteiger partial charge is 0.386 e. The molecule has 0 spiro atoms. The van der Waals surface area contributed by atoms with Crippen molar-refractivity contribution in [3.8, 4) is 0 Å². The van der Waals surface area contributed by atoms with Crippen LogP contribution in [0, 0.1) is 11.2 Å². The summed E-state index contributed by atoms with van der Waals surface area (Å²) in [5.74, 6) is -0.482. The van der Waals surface area contributed by atoms with E-state index in [1.807, 2.05) is 0 Å². The van der Waals surface area contributed by atoms with Crippen molar-refractivity contribution < 1.29 is 4.39 Å². The number of amidine groups is 1. The Kier molecular flexibility index (Phi) is 3.59. The lowest BCUT2D eigenvalue weighted by Crippen LogP contribution is -2.12. The van der Waals surface area contributed by atoms with Crippen molar-refractivity contribution in [3.63, 3.8) is 0 Å². The summed E-state index contributed by atoms with van der Waals surface area (Å²) in [6.45, 7) is 0.134. The minimum Gasteiger partial charge on any atom is -0.386 e. The van der Waals surface area contributed by atoms with Gasteiger partial charge in [-0.2, -0.15) is 0 Å². The van der Waals surface area contributed by atoms with E-state index in [1.165, 1.54) is 18.3 Å². The van der Waals surface area contributed by atoms with E-state index in [0.29, 0.717) is 5.56 Å². The lowest BCUT2D eigenvalue weighted by molar-refractivity contribution is 0.628. The maximum absolute atomic E-state index is 12.7. The van der Waals surface area contributed by atoms with E-state index in [-0.39, 0.29) is 17.4 Å². The molecule has 0 heterocycles. The fourth-order valence-corrected chi connectivity index (χ4v) is 1.03. The van der Waals surface area contributed by atoms with Crippen LogP contribution in [-0.4, -0.2) is 18.6 Å². The third-order valence-corrected chi connectivity index (χ3v) is 1.74. The summed E-state index contributed by atoms with van der Waals surface area (Å²) >= 11 is 5.55. The van der Waals surface area contributed by atoms with Crippen molar-refractivity contribution in [3.05, 3.63) is 34.6 Å². The molecule has 0 atom stereocenters. The first-order valence-electron chi connectivity index (χ1n) is 3.87. The van der Waals surface area contributed by atoms with Gasteiger partial charge in [0.1, 0.15) is 11.7 Å². The lowest BCUT2D eigenvalue weighted by atomic mass is 10.2. The van der Waals surface area contributed by atoms with Crippen LogP contribution in [0.1, 0.15) is 5.56 Å². The van der Waals surface area contributed by atoms with Crippen LogP contribution in [0.5, 0.6) is 0 Å². The molecule has 1 rings (SSSR count). The lowest BCUT2D eigenvalue weighted by Gasteiger charge is -1.95. The van der Waals surface area contributed by atoms with Gasteiger partial charge in [0.15, 0.2) is 0 Å². The van der Waals surface area contributed by atoms with Gasteiger partial charge in [0.2, 0.25) is 0 Å². The topological polar surface area (TPSA) is 62.2 Å². The summed E-state index contributed by atoms with van der Waals surface area (Å²) in [5, 5.41) is 6.97.